The van der Waals surface area contributed by atoms with Crippen LogP contribution in [0.4, 0.5) is 18.0 Å². The lowest BCUT2D eigenvalue weighted by Gasteiger charge is -2.27. The van der Waals surface area contributed by atoms with Crippen LogP contribution in [0.1, 0.15) is 19.8 Å². The van der Waals surface area contributed by atoms with E-state index in [1.165, 1.54) is 4.90 Å². The average molecular weight is 309 g/mol. The Hall–Kier alpha value is -1.02. The maximum absolute atomic E-state index is 12.3. The molecule has 0 aromatic carbocycles. The molecule has 2 rings (SSSR count). The zero-order valence-electron chi connectivity index (χ0n) is 12.1. The summed E-state index contributed by atoms with van der Waals surface area (Å²) in [5.41, 5.74) is 0. The summed E-state index contributed by atoms with van der Waals surface area (Å²) in [6.07, 6.45) is -2.84. The van der Waals surface area contributed by atoms with Gasteiger partial charge in [0.2, 0.25) is 0 Å². The monoisotopic (exact) mass is 309 g/mol. The number of aliphatic hydroxyl groups is 1. The molecule has 2 saturated heterocycles. The van der Waals surface area contributed by atoms with Crippen LogP contribution in [-0.4, -0.2) is 72.0 Å². The molecule has 122 valence electrons. The fourth-order valence-electron chi connectivity index (χ4n) is 3.14. The van der Waals surface area contributed by atoms with Crippen molar-refractivity contribution in [3.05, 3.63) is 0 Å². The van der Waals surface area contributed by atoms with Crippen molar-refractivity contribution in [3.8, 4) is 0 Å². The topological polar surface area (TPSA) is 55.8 Å². The number of hydrogen-bond acceptors (Lipinski definition) is 3. The Balaban J connectivity index is 1.82. The smallest absolute Gasteiger partial charge is 0.394 e. The van der Waals surface area contributed by atoms with Crippen LogP contribution in [0.15, 0.2) is 0 Å². The van der Waals surface area contributed by atoms with E-state index in [0.717, 1.165) is 6.42 Å². The highest BCUT2D eigenvalue weighted by Crippen LogP contribution is 2.24. The van der Waals surface area contributed by atoms with Crippen LogP contribution in [0.5, 0.6) is 0 Å². The molecule has 2 heterocycles. The van der Waals surface area contributed by atoms with E-state index in [1.54, 1.807) is 4.90 Å². The number of carbonyl (C=O) groups is 1. The first-order valence-corrected chi connectivity index (χ1v) is 7.27. The van der Waals surface area contributed by atoms with Crippen LogP contribution in [0.25, 0.3) is 0 Å². The van der Waals surface area contributed by atoms with Gasteiger partial charge < -0.3 is 15.3 Å². The van der Waals surface area contributed by atoms with E-state index in [9.17, 15) is 23.1 Å². The SMILES string of the molecule is C[C@@H]1CCN(C(=O)N[C@H]2CCN(CC(F)(F)F)C2)[C@@H]1CO. The Labute approximate surface area is 122 Å². The number of nitrogens with one attached hydrogen (secondary N) is 1. The number of halogens is 3. The second-order valence-corrected chi connectivity index (χ2v) is 5.99. The molecule has 2 aliphatic heterocycles. The molecule has 0 aromatic heterocycles. The van der Waals surface area contributed by atoms with Crippen LogP contribution >= 0.6 is 0 Å². The van der Waals surface area contributed by atoms with Gasteiger partial charge in [-0.1, -0.05) is 6.92 Å². The van der Waals surface area contributed by atoms with Crippen LogP contribution in [-0.2, 0) is 0 Å². The largest absolute Gasteiger partial charge is 0.401 e. The number of aliphatic hydroxyl groups excluding tert-OH is 1. The van der Waals surface area contributed by atoms with Crippen LogP contribution in [0.2, 0.25) is 0 Å². The van der Waals surface area contributed by atoms with Crippen molar-refractivity contribution < 1.29 is 23.1 Å². The van der Waals surface area contributed by atoms with Crippen LogP contribution in [0.3, 0.4) is 0 Å². The summed E-state index contributed by atoms with van der Waals surface area (Å²) in [5.74, 6) is 0.242. The highest BCUT2D eigenvalue weighted by Gasteiger charge is 2.37. The molecule has 0 bridgehead atoms. The van der Waals surface area contributed by atoms with Gasteiger partial charge in [0.05, 0.1) is 19.2 Å². The first-order valence-electron chi connectivity index (χ1n) is 7.27. The number of urea groups is 1. The number of rotatable bonds is 3. The van der Waals surface area contributed by atoms with Crippen molar-refractivity contribution in [1.82, 2.24) is 15.1 Å². The maximum atomic E-state index is 12.3. The van der Waals surface area contributed by atoms with Gasteiger partial charge in [0.15, 0.2) is 0 Å². The van der Waals surface area contributed by atoms with E-state index >= 15 is 0 Å². The number of nitrogens with zero attached hydrogens (tertiary/aromatic N) is 2. The minimum atomic E-state index is -4.20. The zero-order valence-corrected chi connectivity index (χ0v) is 12.1. The lowest BCUT2D eigenvalue weighted by molar-refractivity contribution is -0.143. The zero-order chi connectivity index (χ0) is 15.6. The molecule has 8 heteroatoms. The van der Waals surface area contributed by atoms with Gasteiger partial charge in [-0.05, 0) is 18.8 Å². The predicted molar refractivity (Wildman–Crippen MR) is 70.8 cm³/mol. The van der Waals surface area contributed by atoms with Crippen molar-refractivity contribution in [2.45, 2.75) is 38.0 Å². The van der Waals surface area contributed by atoms with Crippen molar-refractivity contribution in [2.75, 3.05) is 32.8 Å². The number of hydrogen-bond donors (Lipinski definition) is 2. The van der Waals surface area contributed by atoms with E-state index in [2.05, 4.69) is 5.32 Å². The van der Waals surface area contributed by atoms with Crippen LogP contribution in [0, 0.1) is 5.92 Å². The van der Waals surface area contributed by atoms with Crippen molar-refractivity contribution in [3.63, 3.8) is 0 Å². The van der Waals surface area contributed by atoms with Gasteiger partial charge in [-0.25, -0.2) is 4.79 Å². The molecule has 2 aliphatic rings. The lowest BCUT2D eigenvalue weighted by atomic mass is 10.0. The normalized spacial score (nSPS) is 30.9. The summed E-state index contributed by atoms with van der Waals surface area (Å²) < 4.78 is 37.0. The summed E-state index contributed by atoms with van der Waals surface area (Å²) in [6, 6.07) is -0.731. The minimum absolute atomic E-state index is 0.0839. The highest BCUT2D eigenvalue weighted by atomic mass is 19.4. The average Bonchev–Trinajstić information content (AvgIpc) is 2.93. The predicted octanol–water partition coefficient (Wildman–Crippen LogP) is 1.04. The number of amides is 2. The standard InChI is InChI=1S/C13H22F3N3O2/c1-9-2-5-19(11(9)7-20)12(21)17-10-3-4-18(6-10)8-13(14,15)16/h9-11,20H,2-8H2,1H3,(H,17,21)/t9-,10+,11-/m1/s1. The third-order valence-corrected chi connectivity index (χ3v) is 4.33. The van der Waals surface area contributed by atoms with Gasteiger partial charge >= 0.3 is 12.2 Å². The van der Waals surface area contributed by atoms with E-state index in [0.29, 0.717) is 19.5 Å². The highest BCUT2D eigenvalue weighted by molar-refractivity contribution is 5.75. The van der Waals surface area contributed by atoms with Gasteiger partial charge in [-0.15, -0.1) is 0 Å². The third-order valence-electron chi connectivity index (χ3n) is 4.33. The van der Waals surface area contributed by atoms with E-state index in [1.807, 2.05) is 6.92 Å². The molecule has 3 atom stereocenters. The van der Waals surface area contributed by atoms with Gasteiger partial charge in [0.25, 0.3) is 0 Å². The molecular formula is C13H22F3N3O2. The second kappa shape index (κ2) is 6.39. The molecule has 0 aromatic rings. The number of carbonyl (C=O) groups excluding carboxylic acids is 1. The Bertz CT molecular complexity index is 378. The first kappa shape index (κ1) is 16.4. The molecule has 2 amide bonds. The van der Waals surface area contributed by atoms with Gasteiger partial charge in [-0.2, -0.15) is 13.2 Å². The quantitative estimate of drug-likeness (QED) is 0.819. The van der Waals surface area contributed by atoms with E-state index in [4.69, 9.17) is 0 Å². The first-order chi connectivity index (χ1) is 9.80. The third kappa shape index (κ3) is 4.23. The summed E-state index contributed by atoms with van der Waals surface area (Å²) in [5, 5.41) is 12.1. The summed E-state index contributed by atoms with van der Waals surface area (Å²) >= 11 is 0. The van der Waals surface area contributed by atoms with Crippen molar-refractivity contribution >= 4 is 6.03 Å². The van der Waals surface area contributed by atoms with Crippen molar-refractivity contribution in [1.29, 1.82) is 0 Å². The maximum Gasteiger partial charge on any atom is 0.401 e. The van der Waals surface area contributed by atoms with E-state index in [-0.39, 0.29) is 37.2 Å². The van der Waals surface area contributed by atoms with Crippen LogP contribution < -0.4 is 5.32 Å². The summed E-state index contributed by atoms with van der Waals surface area (Å²) in [4.78, 5) is 15.1. The molecule has 21 heavy (non-hydrogen) atoms. The molecular weight excluding hydrogens is 287 g/mol. The second-order valence-electron chi connectivity index (χ2n) is 5.99. The Morgan fingerprint density at radius 3 is 2.67 bits per heavy atom. The molecule has 5 nitrogen and oxygen atoms in total. The number of likely N-dealkylation sites (tertiary alicyclic amines) is 2. The Morgan fingerprint density at radius 1 is 1.33 bits per heavy atom. The molecule has 2 fully saturated rings. The van der Waals surface area contributed by atoms with Gasteiger partial charge in [0.1, 0.15) is 0 Å². The minimum Gasteiger partial charge on any atom is -0.394 e. The van der Waals surface area contributed by atoms with Crippen molar-refractivity contribution in [2.24, 2.45) is 5.92 Å². The fourth-order valence-corrected chi connectivity index (χ4v) is 3.14. The molecule has 0 aliphatic carbocycles. The molecule has 0 saturated carbocycles. The lowest BCUT2D eigenvalue weighted by Crippen LogP contribution is -2.49. The number of alkyl halides is 3. The van der Waals surface area contributed by atoms with Gasteiger partial charge in [0, 0.05) is 25.7 Å². The van der Waals surface area contributed by atoms with Gasteiger partial charge in [-0.3, -0.25) is 4.90 Å². The Kier molecular flexibility index (Phi) is 4.98. The Morgan fingerprint density at radius 2 is 2.05 bits per heavy atom. The molecule has 2 N–H and O–H groups in total. The molecule has 0 spiro atoms. The summed E-state index contributed by atoms with van der Waals surface area (Å²) in [6.45, 7) is 2.10. The van der Waals surface area contributed by atoms with E-state index < -0.39 is 12.7 Å². The molecule has 0 unspecified atom stereocenters. The summed E-state index contributed by atoms with van der Waals surface area (Å²) in [7, 11) is 0. The molecule has 0 radical (unpaired) electrons. The fraction of sp³-hybridized carbons (Fsp3) is 0.923.